The fourth-order valence-electron chi connectivity index (χ4n) is 2.28. The number of nitrogens with one attached hydrogen (secondary N) is 1. The van der Waals surface area contributed by atoms with Gasteiger partial charge in [-0.3, -0.25) is 0 Å². The first-order valence-corrected chi connectivity index (χ1v) is 8.12. The van der Waals surface area contributed by atoms with E-state index in [-0.39, 0.29) is 12.4 Å². The van der Waals surface area contributed by atoms with Crippen LogP contribution >= 0.6 is 12.4 Å². The predicted octanol–water partition coefficient (Wildman–Crippen LogP) is 4.79. The minimum atomic E-state index is 0. The first-order chi connectivity index (χ1) is 12.3. The molecule has 0 unspecified atom stereocenters. The van der Waals surface area contributed by atoms with Gasteiger partial charge in [-0.1, -0.05) is 54.6 Å². The molecule has 0 amide bonds. The van der Waals surface area contributed by atoms with Crippen molar-refractivity contribution in [2.45, 2.75) is 6.92 Å². The molecule has 1 aromatic heterocycles. The Labute approximate surface area is 159 Å². The molecule has 26 heavy (non-hydrogen) atoms. The van der Waals surface area contributed by atoms with Crippen molar-refractivity contribution < 1.29 is 4.74 Å². The highest BCUT2D eigenvalue weighted by molar-refractivity contribution is 5.85. The zero-order valence-electron chi connectivity index (χ0n) is 14.4. The summed E-state index contributed by atoms with van der Waals surface area (Å²) in [7, 11) is 0. The molecule has 0 saturated heterocycles. The minimum absolute atomic E-state index is 0. The van der Waals surface area contributed by atoms with Crippen molar-refractivity contribution in [3.05, 3.63) is 72.1 Å². The summed E-state index contributed by atoms with van der Waals surface area (Å²) in [6.45, 7) is 2.37. The lowest BCUT2D eigenvalue weighted by Crippen LogP contribution is -2.07. The van der Waals surface area contributed by atoms with Crippen LogP contribution in [0.5, 0.6) is 5.88 Å². The number of nitrogen functional groups attached to an aromatic ring is 1. The number of rotatable bonds is 6. The van der Waals surface area contributed by atoms with Crippen LogP contribution in [0.1, 0.15) is 18.3 Å². The molecule has 2 aromatic carbocycles. The third-order valence-electron chi connectivity index (χ3n) is 3.47. The van der Waals surface area contributed by atoms with E-state index in [1.165, 1.54) is 0 Å². The van der Waals surface area contributed by atoms with Gasteiger partial charge in [-0.05, 0) is 30.7 Å². The average molecular weight is 369 g/mol. The molecular formula is C20H21ClN4O. The normalized spacial score (nSPS) is 10.3. The largest absolute Gasteiger partial charge is 0.476 e. The molecule has 0 aliphatic rings. The molecule has 0 spiro atoms. The summed E-state index contributed by atoms with van der Waals surface area (Å²) in [5, 5.41) is 3.22. The van der Waals surface area contributed by atoms with E-state index in [4.69, 9.17) is 10.5 Å². The topological polar surface area (TPSA) is 73.1 Å². The predicted molar refractivity (Wildman–Crippen MR) is 110 cm³/mol. The summed E-state index contributed by atoms with van der Waals surface area (Å²) in [6.07, 6.45) is 3.79. The van der Waals surface area contributed by atoms with Crippen molar-refractivity contribution >= 4 is 41.8 Å². The van der Waals surface area contributed by atoms with Crippen LogP contribution in [0.2, 0.25) is 0 Å². The van der Waals surface area contributed by atoms with Crippen LogP contribution < -0.4 is 15.8 Å². The maximum atomic E-state index is 6.16. The Bertz CT molecular complexity index is 854. The minimum Gasteiger partial charge on any atom is -0.476 e. The van der Waals surface area contributed by atoms with Crippen molar-refractivity contribution in [1.82, 2.24) is 9.97 Å². The Hall–Kier alpha value is -3.05. The SMILES string of the molecule is CCOc1nc(/C=C/c2ccccc2)nc(Nc2ccccc2)c1N.Cl. The maximum absolute atomic E-state index is 6.16. The lowest BCUT2D eigenvalue weighted by atomic mass is 10.2. The van der Waals surface area contributed by atoms with Crippen LogP contribution in [-0.2, 0) is 0 Å². The van der Waals surface area contributed by atoms with Gasteiger partial charge in [0.1, 0.15) is 5.69 Å². The molecule has 0 fully saturated rings. The van der Waals surface area contributed by atoms with E-state index in [0.29, 0.717) is 29.8 Å². The second-order valence-corrected chi connectivity index (χ2v) is 5.32. The monoisotopic (exact) mass is 368 g/mol. The van der Waals surface area contributed by atoms with Gasteiger partial charge in [0.05, 0.1) is 6.61 Å². The molecule has 3 N–H and O–H groups in total. The van der Waals surface area contributed by atoms with Gasteiger partial charge in [-0.2, -0.15) is 4.98 Å². The van der Waals surface area contributed by atoms with Crippen molar-refractivity contribution in [3.8, 4) is 5.88 Å². The molecule has 6 heteroatoms. The highest BCUT2D eigenvalue weighted by Gasteiger charge is 2.12. The number of hydrogen-bond acceptors (Lipinski definition) is 5. The third-order valence-corrected chi connectivity index (χ3v) is 3.47. The highest BCUT2D eigenvalue weighted by atomic mass is 35.5. The van der Waals surface area contributed by atoms with E-state index in [1.54, 1.807) is 0 Å². The van der Waals surface area contributed by atoms with E-state index in [0.717, 1.165) is 11.3 Å². The third kappa shape index (κ3) is 4.97. The number of anilines is 3. The molecule has 0 radical (unpaired) electrons. The fourth-order valence-corrected chi connectivity index (χ4v) is 2.28. The van der Waals surface area contributed by atoms with Crippen molar-refractivity contribution in [2.75, 3.05) is 17.7 Å². The van der Waals surface area contributed by atoms with E-state index >= 15 is 0 Å². The molecule has 134 valence electrons. The van der Waals surface area contributed by atoms with Gasteiger partial charge in [-0.25, -0.2) is 4.98 Å². The molecule has 0 aliphatic heterocycles. The van der Waals surface area contributed by atoms with Gasteiger partial charge in [0.15, 0.2) is 11.6 Å². The Balaban J connectivity index is 0.00000243. The molecule has 1 heterocycles. The van der Waals surface area contributed by atoms with E-state index in [1.807, 2.05) is 79.7 Å². The number of ether oxygens (including phenoxy) is 1. The summed E-state index contributed by atoms with van der Waals surface area (Å²) in [5.41, 5.74) is 8.51. The van der Waals surface area contributed by atoms with Crippen molar-refractivity contribution in [3.63, 3.8) is 0 Å². The van der Waals surface area contributed by atoms with Gasteiger partial charge in [0.2, 0.25) is 5.88 Å². The molecule has 5 nitrogen and oxygen atoms in total. The number of benzene rings is 2. The zero-order valence-corrected chi connectivity index (χ0v) is 15.2. The lowest BCUT2D eigenvalue weighted by molar-refractivity contribution is 0.328. The molecule has 3 aromatic rings. The van der Waals surface area contributed by atoms with E-state index in [9.17, 15) is 0 Å². The first kappa shape index (κ1) is 19.3. The van der Waals surface area contributed by atoms with Gasteiger partial charge in [-0.15, -0.1) is 12.4 Å². The second kappa shape index (κ2) is 9.44. The average Bonchev–Trinajstić information content (AvgIpc) is 2.65. The lowest BCUT2D eigenvalue weighted by Gasteiger charge is -2.12. The molecule has 0 atom stereocenters. The Kier molecular flexibility index (Phi) is 7.00. The molecule has 0 bridgehead atoms. The zero-order chi connectivity index (χ0) is 17.5. The van der Waals surface area contributed by atoms with E-state index in [2.05, 4.69) is 15.3 Å². The number of aromatic nitrogens is 2. The number of para-hydroxylation sites is 1. The maximum Gasteiger partial charge on any atom is 0.243 e. The molecule has 0 saturated carbocycles. The quantitative estimate of drug-likeness (QED) is 0.654. The number of nitrogens with zero attached hydrogens (tertiary/aromatic N) is 2. The van der Waals surface area contributed by atoms with Crippen molar-refractivity contribution in [1.29, 1.82) is 0 Å². The summed E-state index contributed by atoms with van der Waals surface area (Å²) >= 11 is 0. The summed E-state index contributed by atoms with van der Waals surface area (Å²) in [4.78, 5) is 8.91. The summed E-state index contributed by atoms with van der Waals surface area (Å²) < 4.78 is 5.56. The second-order valence-electron chi connectivity index (χ2n) is 5.32. The smallest absolute Gasteiger partial charge is 0.243 e. The Morgan fingerprint density at radius 2 is 1.62 bits per heavy atom. The molecular weight excluding hydrogens is 348 g/mol. The van der Waals surface area contributed by atoms with Crippen LogP contribution in [0, 0.1) is 0 Å². The van der Waals surface area contributed by atoms with Crippen LogP contribution in [-0.4, -0.2) is 16.6 Å². The van der Waals surface area contributed by atoms with Gasteiger partial charge < -0.3 is 15.8 Å². The Morgan fingerprint density at radius 1 is 0.962 bits per heavy atom. The van der Waals surface area contributed by atoms with Crippen LogP contribution in [0.4, 0.5) is 17.2 Å². The molecule has 3 rings (SSSR count). The van der Waals surface area contributed by atoms with Gasteiger partial charge in [0, 0.05) is 5.69 Å². The highest BCUT2D eigenvalue weighted by Crippen LogP contribution is 2.29. The van der Waals surface area contributed by atoms with Crippen molar-refractivity contribution in [2.24, 2.45) is 0 Å². The molecule has 0 aliphatic carbocycles. The summed E-state index contributed by atoms with van der Waals surface area (Å²) in [6, 6.07) is 19.7. The standard InChI is InChI=1S/C20H20N4O.ClH/c1-2-25-20-18(21)19(22-16-11-7-4-8-12-16)23-17(24-20)14-13-15-9-5-3-6-10-15;/h3-14H,2,21H2,1H3,(H,22,23,24);1H/b14-13+;. The van der Waals surface area contributed by atoms with Crippen LogP contribution in [0.15, 0.2) is 60.7 Å². The van der Waals surface area contributed by atoms with Gasteiger partial charge in [0.25, 0.3) is 0 Å². The number of hydrogen-bond donors (Lipinski definition) is 2. The number of nitrogens with two attached hydrogens (primary N) is 1. The fraction of sp³-hybridized carbons (Fsp3) is 0.100. The van der Waals surface area contributed by atoms with Gasteiger partial charge >= 0.3 is 0 Å². The number of halogens is 1. The van der Waals surface area contributed by atoms with E-state index < -0.39 is 0 Å². The summed E-state index contributed by atoms with van der Waals surface area (Å²) in [5.74, 6) is 1.43. The van der Waals surface area contributed by atoms with Crippen LogP contribution in [0.25, 0.3) is 12.2 Å². The Morgan fingerprint density at radius 3 is 2.27 bits per heavy atom. The first-order valence-electron chi connectivity index (χ1n) is 8.12. The van der Waals surface area contributed by atoms with Crippen LogP contribution in [0.3, 0.4) is 0 Å².